The highest BCUT2D eigenvalue weighted by Gasteiger charge is 2.40. The average Bonchev–Trinajstić information content (AvgIpc) is 3.24. The smallest absolute Gasteiger partial charge is 0.434 e. The fourth-order valence-electron chi connectivity index (χ4n) is 2.80. The number of nitrogens with zero attached hydrogens (tertiary/aromatic N) is 2. The lowest BCUT2D eigenvalue weighted by Crippen LogP contribution is -2.30. The summed E-state index contributed by atoms with van der Waals surface area (Å²) in [7, 11) is 1.18. The number of carbonyl (C=O) groups excluding carboxylic acids is 3. The summed E-state index contributed by atoms with van der Waals surface area (Å²) in [6, 6.07) is 10.8. The maximum absolute atomic E-state index is 13.8. The third-order valence-electron chi connectivity index (χ3n) is 4.38. The Morgan fingerprint density at radius 2 is 1.67 bits per heavy atom. The van der Waals surface area contributed by atoms with Crippen LogP contribution in [0.25, 0.3) is 5.69 Å². The van der Waals surface area contributed by atoms with E-state index in [9.17, 15) is 27.6 Å². The van der Waals surface area contributed by atoms with Crippen molar-refractivity contribution in [1.29, 1.82) is 0 Å². The number of hydrogen-bond donors (Lipinski definition) is 2. The first-order valence-electron chi connectivity index (χ1n) is 9.27. The lowest BCUT2D eigenvalue weighted by molar-refractivity contribution is -0.143. The summed E-state index contributed by atoms with van der Waals surface area (Å²) in [4.78, 5) is 35.7. The molecule has 1 heterocycles. The number of benzene rings is 2. The Morgan fingerprint density at radius 3 is 2.24 bits per heavy atom. The monoisotopic (exact) mass is 480 g/mol. The molecule has 2 amide bonds. The topological polar surface area (TPSA) is 102 Å². The number of alkyl halides is 3. The van der Waals surface area contributed by atoms with E-state index in [2.05, 4.69) is 20.5 Å². The van der Waals surface area contributed by atoms with Crippen molar-refractivity contribution in [2.24, 2.45) is 0 Å². The van der Waals surface area contributed by atoms with Crippen LogP contribution in [0, 0.1) is 0 Å². The Bertz CT molecular complexity index is 1180. The molecule has 0 aliphatic carbocycles. The summed E-state index contributed by atoms with van der Waals surface area (Å²) in [5, 5.41) is 8.75. The molecule has 1 aromatic heterocycles. The van der Waals surface area contributed by atoms with Crippen molar-refractivity contribution in [3.05, 3.63) is 76.6 Å². The largest absolute Gasteiger partial charge is 0.468 e. The molecule has 0 unspecified atom stereocenters. The van der Waals surface area contributed by atoms with Gasteiger partial charge in [-0.2, -0.15) is 18.3 Å². The van der Waals surface area contributed by atoms with Crippen molar-refractivity contribution in [3.8, 4) is 5.69 Å². The second kappa shape index (κ2) is 9.74. The predicted octanol–water partition coefficient (Wildman–Crippen LogP) is 3.70. The van der Waals surface area contributed by atoms with Crippen LogP contribution in [0.2, 0.25) is 5.02 Å². The SMILES string of the molecule is COC(=O)CNC(=O)c1ccc(NC(=O)c2cnn(-c3ccc(Cl)cc3)c2C(F)(F)F)cc1. The Balaban J connectivity index is 1.80. The summed E-state index contributed by atoms with van der Waals surface area (Å²) >= 11 is 5.78. The van der Waals surface area contributed by atoms with E-state index in [1.807, 2.05) is 0 Å². The van der Waals surface area contributed by atoms with Gasteiger partial charge in [0.05, 0.1) is 24.6 Å². The molecular weight excluding hydrogens is 465 g/mol. The number of aromatic nitrogens is 2. The van der Waals surface area contributed by atoms with Gasteiger partial charge in [-0.1, -0.05) is 11.6 Å². The molecule has 0 saturated heterocycles. The first-order chi connectivity index (χ1) is 15.6. The maximum atomic E-state index is 13.8. The van der Waals surface area contributed by atoms with Crippen LogP contribution in [-0.4, -0.2) is 41.2 Å². The fourth-order valence-corrected chi connectivity index (χ4v) is 2.92. The maximum Gasteiger partial charge on any atom is 0.434 e. The van der Waals surface area contributed by atoms with Gasteiger partial charge in [0.15, 0.2) is 5.69 Å². The van der Waals surface area contributed by atoms with E-state index >= 15 is 0 Å². The number of rotatable bonds is 6. The lowest BCUT2D eigenvalue weighted by atomic mass is 10.1. The fraction of sp³-hybridized carbons (Fsp3) is 0.143. The van der Waals surface area contributed by atoms with Gasteiger partial charge in [-0.15, -0.1) is 0 Å². The minimum Gasteiger partial charge on any atom is -0.468 e. The van der Waals surface area contributed by atoms with Crippen molar-refractivity contribution >= 4 is 35.1 Å². The van der Waals surface area contributed by atoms with Gasteiger partial charge >= 0.3 is 12.1 Å². The number of ether oxygens (including phenoxy) is 1. The molecule has 2 aromatic carbocycles. The summed E-state index contributed by atoms with van der Waals surface area (Å²) in [5.74, 6) is -2.24. The quantitative estimate of drug-likeness (QED) is 0.524. The van der Waals surface area contributed by atoms with Crippen LogP contribution in [0.15, 0.2) is 54.7 Å². The summed E-state index contributed by atoms with van der Waals surface area (Å²) < 4.78 is 46.3. The Kier molecular flexibility index (Phi) is 7.02. The van der Waals surface area contributed by atoms with Crippen LogP contribution in [0.1, 0.15) is 26.4 Å². The van der Waals surface area contributed by atoms with Gasteiger partial charge in [0.25, 0.3) is 11.8 Å². The van der Waals surface area contributed by atoms with Gasteiger partial charge in [0.1, 0.15) is 6.54 Å². The van der Waals surface area contributed by atoms with Crippen LogP contribution in [-0.2, 0) is 15.7 Å². The van der Waals surface area contributed by atoms with Gasteiger partial charge in [0, 0.05) is 16.3 Å². The van der Waals surface area contributed by atoms with Crippen molar-refractivity contribution in [2.45, 2.75) is 6.18 Å². The van der Waals surface area contributed by atoms with Crippen LogP contribution < -0.4 is 10.6 Å². The highest BCUT2D eigenvalue weighted by molar-refractivity contribution is 6.30. The van der Waals surface area contributed by atoms with Crippen molar-refractivity contribution in [3.63, 3.8) is 0 Å². The molecule has 33 heavy (non-hydrogen) atoms. The third kappa shape index (κ3) is 5.69. The highest BCUT2D eigenvalue weighted by atomic mass is 35.5. The number of amides is 2. The molecule has 0 saturated carbocycles. The van der Waals surface area contributed by atoms with E-state index in [4.69, 9.17) is 11.6 Å². The molecule has 12 heteroatoms. The van der Waals surface area contributed by atoms with Crippen molar-refractivity contribution in [1.82, 2.24) is 15.1 Å². The zero-order valence-electron chi connectivity index (χ0n) is 16.9. The Hall–Kier alpha value is -3.86. The normalized spacial score (nSPS) is 11.1. The molecule has 8 nitrogen and oxygen atoms in total. The molecule has 0 aliphatic heterocycles. The summed E-state index contributed by atoms with van der Waals surface area (Å²) in [6.45, 7) is -0.328. The molecule has 0 bridgehead atoms. The van der Waals surface area contributed by atoms with Crippen LogP contribution in [0.5, 0.6) is 0 Å². The van der Waals surface area contributed by atoms with E-state index in [1.165, 1.54) is 55.6 Å². The number of halogens is 4. The zero-order chi connectivity index (χ0) is 24.2. The number of hydrogen-bond acceptors (Lipinski definition) is 5. The molecule has 0 fully saturated rings. The first-order valence-corrected chi connectivity index (χ1v) is 9.65. The molecule has 3 aromatic rings. The molecular formula is C21H16ClF3N4O4. The van der Waals surface area contributed by atoms with E-state index in [0.717, 1.165) is 6.20 Å². The average molecular weight is 481 g/mol. The molecule has 3 rings (SSSR count). The number of esters is 1. The number of methoxy groups -OCH3 is 1. The first kappa shape index (κ1) is 23.8. The minimum atomic E-state index is -4.87. The molecule has 0 radical (unpaired) electrons. The Morgan fingerprint density at radius 1 is 1.03 bits per heavy atom. The second-order valence-corrected chi connectivity index (χ2v) is 7.02. The predicted molar refractivity (Wildman–Crippen MR) is 112 cm³/mol. The van der Waals surface area contributed by atoms with Gasteiger partial charge < -0.3 is 15.4 Å². The zero-order valence-corrected chi connectivity index (χ0v) is 17.7. The third-order valence-corrected chi connectivity index (χ3v) is 4.63. The number of nitrogens with one attached hydrogen (secondary N) is 2. The van der Waals surface area contributed by atoms with E-state index in [0.29, 0.717) is 9.70 Å². The molecule has 0 atom stereocenters. The lowest BCUT2D eigenvalue weighted by Gasteiger charge is -2.13. The van der Waals surface area contributed by atoms with Crippen molar-refractivity contribution in [2.75, 3.05) is 19.0 Å². The van der Waals surface area contributed by atoms with Gasteiger partial charge in [-0.25, -0.2) is 4.68 Å². The van der Waals surface area contributed by atoms with Crippen LogP contribution in [0.4, 0.5) is 18.9 Å². The number of anilines is 1. The minimum absolute atomic E-state index is 0.0769. The number of carbonyl (C=O) groups is 3. The van der Waals surface area contributed by atoms with Crippen LogP contribution >= 0.6 is 11.6 Å². The Labute approximate surface area is 190 Å². The summed E-state index contributed by atoms with van der Waals surface area (Å²) in [6.07, 6.45) is -4.05. The molecule has 2 N–H and O–H groups in total. The van der Waals surface area contributed by atoms with E-state index < -0.39 is 35.2 Å². The van der Waals surface area contributed by atoms with E-state index in [1.54, 1.807) is 0 Å². The molecule has 0 aliphatic rings. The van der Waals surface area contributed by atoms with Gasteiger partial charge in [0.2, 0.25) is 0 Å². The molecule has 0 spiro atoms. The van der Waals surface area contributed by atoms with Gasteiger partial charge in [-0.3, -0.25) is 14.4 Å². The second-order valence-electron chi connectivity index (χ2n) is 6.58. The van der Waals surface area contributed by atoms with Crippen molar-refractivity contribution < 1.29 is 32.3 Å². The van der Waals surface area contributed by atoms with Crippen LogP contribution in [0.3, 0.4) is 0 Å². The molecule has 172 valence electrons. The summed E-state index contributed by atoms with van der Waals surface area (Å²) in [5.41, 5.74) is -1.54. The van der Waals surface area contributed by atoms with E-state index in [-0.39, 0.29) is 23.5 Å². The standard InChI is InChI=1S/C21H16ClF3N4O4/c1-33-17(30)11-26-19(31)12-2-6-14(7-3-12)28-20(32)16-10-27-29(18(16)21(23,24)25)15-8-4-13(22)5-9-15/h2-10H,11H2,1H3,(H,26,31)(H,28,32). The van der Waals surface area contributed by atoms with Gasteiger partial charge in [-0.05, 0) is 48.5 Å². The highest BCUT2D eigenvalue weighted by Crippen LogP contribution is 2.34.